The summed E-state index contributed by atoms with van der Waals surface area (Å²) >= 11 is 0. The van der Waals surface area contributed by atoms with Gasteiger partial charge in [-0.1, -0.05) is 0 Å². The van der Waals surface area contributed by atoms with Crippen LogP contribution in [0, 0.1) is 11.7 Å². The van der Waals surface area contributed by atoms with Crippen molar-refractivity contribution in [3.63, 3.8) is 0 Å². The summed E-state index contributed by atoms with van der Waals surface area (Å²) in [4.78, 5) is 0. The second-order valence-corrected chi connectivity index (χ2v) is 7.13. The highest BCUT2D eigenvalue weighted by atomic mass is 32.2. The van der Waals surface area contributed by atoms with Gasteiger partial charge in [0.05, 0.1) is 17.6 Å². The van der Waals surface area contributed by atoms with Gasteiger partial charge in [0.25, 0.3) is 0 Å². The summed E-state index contributed by atoms with van der Waals surface area (Å²) in [6, 6.07) is 5.56. The first-order valence-corrected chi connectivity index (χ1v) is 8.05. The first-order valence-electron chi connectivity index (χ1n) is 6.23. The maximum Gasteiger partial charge on any atom is 0.150 e. The summed E-state index contributed by atoms with van der Waals surface area (Å²) in [5.41, 5.74) is 0. The van der Waals surface area contributed by atoms with Gasteiger partial charge < -0.3 is 9.84 Å². The van der Waals surface area contributed by atoms with E-state index < -0.39 is 15.9 Å². The molecule has 1 aromatic carbocycles. The lowest BCUT2D eigenvalue weighted by Gasteiger charge is -2.26. The van der Waals surface area contributed by atoms with Crippen molar-refractivity contribution in [2.24, 2.45) is 5.92 Å². The molecule has 19 heavy (non-hydrogen) atoms. The Morgan fingerprint density at radius 2 is 1.84 bits per heavy atom. The van der Waals surface area contributed by atoms with Crippen LogP contribution in [0.25, 0.3) is 0 Å². The normalized spacial score (nSPS) is 20.9. The largest absolute Gasteiger partial charge is 0.491 e. The molecule has 1 unspecified atom stereocenters. The van der Waals surface area contributed by atoms with Crippen molar-refractivity contribution >= 4 is 9.84 Å². The number of sulfone groups is 1. The second kappa shape index (κ2) is 5.88. The Balaban J connectivity index is 1.81. The van der Waals surface area contributed by atoms with E-state index in [9.17, 15) is 17.9 Å². The number of hydrogen-bond acceptors (Lipinski definition) is 4. The van der Waals surface area contributed by atoms with Crippen LogP contribution in [0.15, 0.2) is 24.3 Å². The molecule has 0 radical (unpaired) electrons. The van der Waals surface area contributed by atoms with Crippen LogP contribution in [-0.4, -0.2) is 37.7 Å². The Labute approximate surface area is 112 Å². The Morgan fingerprint density at radius 3 is 2.42 bits per heavy atom. The lowest BCUT2D eigenvalue weighted by Crippen LogP contribution is -2.34. The molecule has 1 atom stereocenters. The van der Waals surface area contributed by atoms with Crippen molar-refractivity contribution in [3.8, 4) is 5.75 Å². The summed E-state index contributed by atoms with van der Waals surface area (Å²) in [5, 5.41) is 9.97. The molecule has 106 valence electrons. The molecule has 0 bridgehead atoms. The van der Waals surface area contributed by atoms with E-state index in [1.165, 1.54) is 24.3 Å². The molecule has 1 saturated heterocycles. The molecule has 1 aromatic rings. The number of aliphatic hydroxyl groups is 1. The predicted molar refractivity (Wildman–Crippen MR) is 69.3 cm³/mol. The van der Waals surface area contributed by atoms with Crippen molar-refractivity contribution < 1.29 is 22.7 Å². The van der Waals surface area contributed by atoms with E-state index in [0.29, 0.717) is 18.6 Å². The van der Waals surface area contributed by atoms with Gasteiger partial charge in [-0.25, -0.2) is 12.8 Å². The quantitative estimate of drug-likeness (QED) is 0.909. The average molecular weight is 288 g/mol. The van der Waals surface area contributed by atoms with Crippen molar-refractivity contribution in [3.05, 3.63) is 30.1 Å². The van der Waals surface area contributed by atoms with Gasteiger partial charge >= 0.3 is 0 Å². The summed E-state index contributed by atoms with van der Waals surface area (Å²) in [6.45, 7) is 0.0936. The van der Waals surface area contributed by atoms with Crippen LogP contribution in [0.4, 0.5) is 4.39 Å². The van der Waals surface area contributed by atoms with Gasteiger partial charge in [-0.05, 0) is 43.0 Å². The number of aliphatic hydroxyl groups excluding tert-OH is 1. The van der Waals surface area contributed by atoms with Crippen LogP contribution in [0.1, 0.15) is 12.8 Å². The maximum absolute atomic E-state index is 12.7. The van der Waals surface area contributed by atoms with Gasteiger partial charge in [-0.15, -0.1) is 0 Å². The van der Waals surface area contributed by atoms with Crippen molar-refractivity contribution in [2.45, 2.75) is 18.9 Å². The first-order chi connectivity index (χ1) is 8.96. The fraction of sp³-hybridized carbons (Fsp3) is 0.538. The van der Waals surface area contributed by atoms with Crippen molar-refractivity contribution in [1.82, 2.24) is 0 Å². The highest BCUT2D eigenvalue weighted by Crippen LogP contribution is 2.23. The standard InChI is InChI=1S/C13H17FO4S/c14-11-1-3-12(4-2-11)18-9-13(15)10-5-7-19(16,17)8-6-10/h1-4,10,13,15H,5-9H2. The first kappa shape index (κ1) is 14.3. The van der Waals surface area contributed by atoms with Crippen LogP contribution < -0.4 is 4.74 Å². The third kappa shape index (κ3) is 4.18. The van der Waals surface area contributed by atoms with E-state index in [0.717, 1.165) is 0 Å². The van der Waals surface area contributed by atoms with Gasteiger partial charge in [-0.3, -0.25) is 0 Å². The molecule has 0 spiro atoms. The molecule has 1 heterocycles. The Hall–Kier alpha value is -1.14. The Bertz CT molecular complexity index is 498. The molecule has 0 aromatic heterocycles. The van der Waals surface area contributed by atoms with E-state index in [1.54, 1.807) is 0 Å². The van der Waals surface area contributed by atoms with E-state index in [4.69, 9.17) is 4.74 Å². The third-order valence-corrected chi connectivity index (χ3v) is 5.09. The zero-order chi connectivity index (χ0) is 13.9. The second-order valence-electron chi connectivity index (χ2n) is 4.82. The van der Waals surface area contributed by atoms with Crippen LogP contribution in [0.5, 0.6) is 5.75 Å². The lowest BCUT2D eigenvalue weighted by atomic mass is 9.96. The summed E-state index contributed by atoms with van der Waals surface area (Å²) in [6.07, 6.45) is 0.243. The zero-order valence-electron chi connectivity index (χ0n) is 10.5. The molecule has 2 rings (SSSR count). The molecule has 1 aliphatic heterocycles. The molecule has 4 nitrogen and oxygen atoms in total. The molecule has 6 heteroatoms. The van der Waals surface area contributed by atoms with Crippen molar-refractivity contribution in [2.75, 3.05) is 18.1 Å². The number of benzene rings is 1. The minimum Gasteiger partial charge on any atom is -0.491 e. The number of ether oxygens (including phenoxy) is 1. The number of rotatable bonds is 4. The highest BCUT2D eigenvalue weighted by Gasteiger charge is 2.28. The van der Waals surface area contributed by atoms with E-state index >= 15 is 0 Å². The fourth-order valence-electron chi connectivity index (χ4n) is 2.14. The predicted octanol–water partition coefficient (Wildman–Crippen LogP) is 1.39. The van der Waals surface area contributed by atoms with E-state index in [1.807, 2.05) is 0 Å². The molecule has 0 amide bonds. The molecule has 1 N–H and O–H groups in total. The van der Waals surface area contributed by atoms with Crippen LogP contribution in [0.3, 0.4) is 0 Å². The summed E-state index contributed by atoms with van der Waals surface area (Å²) in [5.74, 6) is 0.356. The van der Waals surface area contributed by atoms with Crippen LogP contribution >= 0.6 is 0 Å². The van der Waals surface area contributed by atoms with Crippen LogP contribution in [-0.2, 0) is 9.84 Å². The summed E-state index contributed by atoms with van der Waals surface area (Å²) in [7, 11) is -2.91. The van der Waals surface area contributed by atoms with E-state index in [2.05, 4.69) is 0 Å². The van der Waals surface area contributed by atoms with Gasteiger partial charge in [-0.2, -0.15) is 0 Å². The average Bonchev–Trinajstić information content (AvgIpc) is 2.37. The van der Waals surface area contributed by atoms with Gasteiger partial charge in [0, 0.05) is 0 Å². The smallest absolute Gasteiger partial charge is 0.150 e. The molecule has 0 saturated carbocycles. The monoisotopic (exact) mass is 288 g/mol. The van der Waals surface area contributed by atoms with Gasteiger partial charge in [0.15, 0.2) is 0 Å². The number of hydrogen-bond donors (Lipinski definition) is 1. The van der Waals surface area contributed by atoms with Crippen molar-refractivity contribution in [1.29, 1.82) is 0 Å². The Kier molecular flexibility index (Phi) is 4.42. The van der Waals surface area contributed by atoms with E-state index in [-0.39, 0.29) is 29.8 Å². The summed E-state index contributed by atoms with van der Waals surface area (Å²) < 4.78 is 40.6. The molecular formula is C13H17FO4S. The molecule has 0 aliphatic carbocycles. The maximum atomic E-state index is 12.7. The fourth-order valence-corrected chi connectivity index (χ4v) is 3.67. The number of halogens is 1. The van der Waals surface area contributed by atoms with Crippen LogP contribution in [0.2, 0.25) is 0 Å². The highest BCUT2D eigenvalue weighted by molar-refractivity contribution is 7.91. The SMILES string of the molecule is O=S1(=O)CCC(C(O)COc2ccc(F)cc2)CC1. The van der Waals surface area contributed by atoms with Gasteiger partial charge in [0.1, 0.15) is 28.0 Å². The topological polar surface area (TPSA) is 63.6 Å². The van der Waals surface area contributed by atoms with Gasteiger partial charge in [0.2, 0.25) is 0 Å². The lowest BCUT2D eigenvalue weighted by molar-refractivity contribution is 0.0528. The third-order valence-electron chi connectivity index (χ3n) is 3.38. The Morgan fingerprint density at radius 1 is 1.26 bits per heavy atom. The molecular weight excluding hydrogens is 271 g/mol. The molecule has 1 fully saturated rings. The molecule has 1 aliphatic rings. The minimum absolute atomic E-state index is 0.0519. The zero-order valence-corrected chi connectivity index (χ0v) is 11.3. The minimum atomic E-state index is -2.91.